The van der Waals surface area contributed by atoms with Crippen LogP contribution in [0.4, 0.5) is 0 Å². The molecule has 0 saturated carbocycles. The second-order valence-electron chi connectivity index (χ2n) is 3.96. The molecule has 0 amide bonds. The van der Waals surface area contributed by atoms with E-state index in [4.69, 9.17) is 0 Å². The molecule has 0 saturated heterocycles. The minimum atomic E-state index is 0.249. The standard InChI is InChI=1S/C10H18N2S/c1-4-5-10(2,3)12-7-9-6-11-8-13-9/h6,8,12H,4-5,7H2,1-3H3. The first-order valence-corrected chi connectivity index (χ1v) is 5.64. The number of rotatable bonds is 5. The topological polar surface area (TPSA) is 24.9 Å². The van der Waals surface area contributed by atoms with Crippen molar-refractivity contribution in [1.82, 2.24) is 10.3 Å². The van der Waals surface area contributed by atoms with Crippen molar-refractivity contribution in [3.8, 4) is 0 Å². The molecule has 13 heavy (non-hydrogen) atoms. The minimum Gasteiger partial charge on any atom is -0.307 e. The maximum atomic E-state index is 4.05. The predicted molar refractivity (Wildman–Crippen MR) is 57.9 cm³/mol. The molecule has 0 spiro atoms. The molecule has 0 aliphatic rings. The Hall–Kier alpha value is -0.410. The third-order valence-corrected chi connectivity index (χ3v) is 2.88. The van der Waals surface area contributed by atoms with Crippen LogP contribution in [0.25, 0.3) is 0 Å². The molecule has 0 aliphatic heterocycles. The van der Waals surface area contributed by atoms with Crippen LogP contribution in [0.5, 0.6) is 0 Å². The highest BCUT2D eigenvalue weighted by atomic mass is 32.1. The predicted octanol–water partition coefficient (Wildman–Crippen LogP) is 2.81. The Morgan fingerprint density at radius 3 is 2.85 bits per heavy atom. The van der Waals surface area contributed by atoms with Gasteiger partial charge in [-0.05, 0) is 20.3 Å². The van der Waals surface area contributed by atoms with Gasteiger partial charge in [-0.2, -0.15) is 0 Å². The van der Waals surface area contributed by atoms with Crippen LogP contribution in [0.2, 0.25) is 0 Å². The van der Waals surface area contributed by atoms with Gasteiger partial charge < -0.3 is 5.32 Å². The van der Waals surface area contributed by atoms with Crippen LogP contribution in [0.1, 0.15) is 38.5 Å². The maximum absolute atomic E-state index is 4.05. The number of hydrogen-bond acceptors (Lipinski definition) is 3. The summed E-state index contributed by atoms with van der Waals surface area (Å²) in [5.41, 5.74) is 2.13. The molecule has 3 heteroatoms. The molecule has 0 aromatic carbocycles. The highest BCUT2D eigenvalue weighted by molar-refractivity contribution is 7.09. The summed E-state index contributed by atoms with van der Waals surface area (Å²) in [5.74, 6) is 0. The van der Waals surface area contributed by atoms with Gasteiger partial charge in [0.25, 0.3) is 0 Å². The molecule has 2 nitrogen and oxygen atoms in total. The summed E-state index contributed by atoms with van der Waals surface area (Å²) in [4.78, 5) is 5.36. The Balaban J connectivity index is 2.33. The lowest BCUT2D eigenvalue weighted by atomic mass is 9.99. The van der Waals surface area contributed by atoms with Gasteiger partial charge >= 0.3 is 0 Å². The Labute approximate surface area is 84.4 Å². The molecule has 74 valence electrons. The van der Waals surface area contributed by atoms with Crippen LogP contribution in [-0.2, 0) is 6.54 Å². The van der Waals surface area contributed by atoms with E-state index in [0.717, 1.165) is 6.54 Å². The summed E-state index contributed by atoms with van der Waals surface area (Å²) >= 11 is 1.71. The molecule has 0 aliphatic carbocycles. The molecule has 1 N–H and O–H groups in total. The van der Waals surface area contributed by atoms with Crippen molar-refractivity contribution < 1.29 is 0 Å². The molecule has 0 bridgehead atoms. The minimum absolute atomic E-state index is 0.249. The highest BCUT2D eigenvalue weighted by Crippen LogP contribution is 2.13. The Morgan fingerprint density at radius 2 is 2.31 bits per heavy atom. The van der Waals surface area contributed by atoms with Gasteiger partial charge in [0.2, 0.25) is 0 Å². The van der Waals surface area contributed by atoms with Crippen LogP contribution < -0.4 is 5.32 Å². The highest BCUT2D eigenvalue weighted by Gasteiger charge is 2.15. The zero-order chi connectivity index (χ0) is 9.73. The molecular formula is C10H18N2S. The van der Waals surface area contributed by atoms with Crippen molar-refractivity contribution in [3.05, 3.63) is 16.6 Å². The zero-order valence-corrected chi connectivity index (χ0v) is 9.45. The van der Waals surface area contributed by atoms with E-state index in [2.05, 4.69) is 31.1 Å². The molecule has 1 rings (SSSR count). The monoisotopic (exact) mass is 198 g/mol. The van der Waals surface area contributed by atoms with Crippen LogP contribution >= 0.6 is 11.3 Å². The second kappa shape index (κ2) is 4.72. The molecule has 0 unspecified atom stereocenters. The van der Waals surface area contributed by atoms with Crippen molar-refractivity contribution in [2.75, 3.05) is 0 Å². The molecule has 0 atom stereocenters. The van der Waals surface area contributed by atoms with Crippen molar-refractivity contribution in [2.45, 2.75) is 45.7 Å². The van der Waals surface area contributed by atoms with Gasteiger partial charge in [-0.15, -0.1) is 11.3 Å². The quantitative estimate of drug-likeness (QED) is 0.787. The average Bonchev–Trinajstić information content (AvgIpc) is 2.52. The largest absolute Gasteiger partial charge is 0.307 e. The van der Waals surface area contributed by atoms with Crippen LogP contribution in [0.3, 0.4) is 0 Å². The van der Waals surface area contributed by atoms with E-state index in [-0.39, 0.29) is 5.54 Å². The number of nitrogens with zero attached hydrogens (tertiary/aromatic N) is 1. The van der Waals surface area contributed by atoms with Crippen LogP contribution in [0, 0.1) is 0 Å². The average molecular weight is 198 g/mol. The molecular weight excluding hydrogens is 180 g/mol. The van der Waals surface area contributed by atoms with Crippen molar-refractivity contribution in [3.63, 3.8) is 0 Å². The summed E-state index contributed by atoms with van der Waals surface area (Å²) in [5, 5.41) is 3.53. The van der Waals surface area contributed by atoms with E-state index in [0.29, 0.717) is 0 Å². The first-order chi connectivity index (χ1) is 6.14. The summed E-state index contributed by atoms with van der Waals surface area (Å²) in [6, 6.07) is 0. The lowest BCUT2D eigenvalue weighted by Gasteiger charge is -2.25. The van der Waals surface area contributed by atoms with E-state index in [1.54, 1.807) is 11.3 Å². The Bertz CT molecular complexity index is 229. The first-order valence-electron chi connectivity index (χ1n) is 4.76. The van der Waals surface area contributed by atoms with Gasteiger partial charge in [0, 0.05) is 23.2 Å². The molecule has 0 fully saturated rings. The van der Waals surface area contributed by atoms with Crippen molar-refractivity contribution in [2.24, 2.45) is 0 Å². The summed E-state index contributed by atoms with van der Waals surface area (Å²) in [7, 11) is 0. The number of thiazole rings is 1. The lowest BCUT2D eigenvalue weighted by molar-refractivity contribution is 0.358. The Morgan fingerprint density at radius 1 is 1.54 bits per heavy atom. The van der Waals surface area contributed by atoms with Gasteiger partial charge in [-0.25, -0.2) is 0 Å². The van der Waals surface area contributed by atoms with E-state index in [9.17, 15) is 0 Å². The maximum Gasteiger partial charge on any atom is 0.0794 e. The molecule has 1 aromatic heterocycles. The van der Waals surface area contributed by atoms with Crippen LogP contribution in [0.15, 0.2) is 11.7 Å². The zero-order valence-electron chi connectivity index (χ0n) is 8.63. The normalized spacial score (nSPS) is 11.9. The third-order valence-electron chi connectivity index (χ3n) is 2.10. The summed E-state index contributed by atoms with van der Waals surface area (Å²) < 4.78 is 0. The van der Waals surface area contributed by atoms with Crippen molar-refractivity contribution in [1.29, 1.82) is 0 Å². The van der Waals surface area contributed by atoms with E-state index >= 15 is 0 Å². The lowest BCUT2D eigenvalue weighted by Crippen LogP contribution is -2.38. The second-order valence-corrected chi connectivity index (χ2v) is 4.93. The number of nitrogens with one attached hydrogen (secondary N) is 1. The first kappa shape index (κ1) is 10.7. The van der Waals surface area contributed by atoms with Crippen molar-refractivity contribution >= 4 is 11.3 Å². The van der Waals surface area contributed by atoms with Gasteiger partial charge in [0.1, 0.15) is 0 Å². The molecule has 1 heterocycles. The SMILES string of the molecule is CCCC(C)(C)NCc1cncs1. The fourth-order valence-electron chi connectivity index (χ4n) is 1.37. The molecule has 0 radical (unpaired) electrons. The van der Waals surface area contributed by atoms with Gasteiger partial charge in [-0.3, -0.25) is 4.98 Å². The van der Waals surface area contributed by atoms with Crippen LogP contribution in [-0.4, -0.2) is 10.5 Å². The fourth-order valence-corrected chi connectivity index (χ4v) is 1.90. The summed E-state index contributed by atoms with van der Waals surface area (Å²) in [6.45, 7) is 7.66. The van der Waals surface area contributed by atoms with E-state index < -0.39 is 0 Å². The Kier molecular flexibility index (Phi) is 3.88. The third kappa shape index (κ3) is 3.87. The molecule has 1 aromatic rings. The number of hydrogen-bond donors (Lipinski definition) is 1. The van der Waals surface area contributed by atoms with Gasteiger partial charge in [0.05, 0.1) is 5.51 Å². The smallest absolute Gasteiger partial charge is 0.0794 e. The fraction of sp³-hybridized carbons (Fsp3) is 0.700. The van der Waals surface area contributed by atoms with Gasteiger partial charge in [-0.1, -0.05) is 13.3 Å². The number of aromatic nitrogens is 1. The van der Waals surface area contributed by atoms with E-state index in [1.807, 2.05) is 11.7 Å². The van der Waals surface area contributed by atoms with E-state index in [1.165, 1.54) is 17.7 Å². The van der Waals surface area contributed by atoms with Gasteiger partial charge in [0.15, 0.2) is 0 Å². The summed E-state index contributed by atoms with van der Waals surface area (Å²) in [6.07, 6.45) is 4.37.